The van der Waals surface area contributed by atoms with Crippen molar-refractivity contribution in [2.24, 2.45) is 40.2 Å². The molecule has 6 rings (SSSR count). The summed E-state index contributed by atoms with van der Waals surface area (Å²) in [5, 5.41) is 11.7. The Morgan fingerprint density at radius 2 is 1.97 bits per heavy atom. The lowest BCUT2D eigenvalue weighted by Gasteiger charge is -2.59. The van der Waals surface area contributed by atoms with Crippen LogP contribution in [0.2, 0.25) is 0 Å². The Bertz CT molecular complexity index is 952. The summed E-state index contributed by atoms with van der Waals surface area (Å²) < 4.78 is 13.4. The van der Waals surface area contributed by atoms with Gasteiger partial charge in [0, 0.05) is 22.7 Å². The first-order valence-electron chi connectivity index (χ1n) is 13.4. The quantitative estimate of drug-likeness (QED) is 0.657. The standard InChI is InChI=1S/C28H39NO5/c1-26-11-10-18(30)12-17(26)8-9-19-20-13-23-28(22(32)15-29,27(20,2)14-21(31)24(19)26)34-25(33-23)16-6-4-3-5-7-16/h10-12,16,19-21,23-25,31H,3-9,13-15,29H2,1-2H3/t19-,20-,21-,23+,24+,25+,26-,27-,28+/m0/s1. The molecule has 0 radical (unpaired) electrons. The minimum atomic E-state index is -1.07. The molecule has 6 nitrogen and oxygen atoms in total. The fourth-order valence-electron chi connectivity index (χ4n) is 9.36. The normalized spacial score (nSPS) is 50.2. The lowest BCUT2D eigenvalue weighted by atomic mass is 9.46. The highest BCUT2D eigenvalue weighted by Gasteiger charge is 2.75. The van der Waals surface area contributed by atoms with Gasteiger partial charge in [-0.15, -0.1) is 0 Å². The van der Waals surface area contributed by atoms with E-state index < -0.39 is 17.1 Å². The molecule has 6 aliphatic rings. The molecule has 5 aliphatic carbocycles. The predicted octanol–water partition coefficient (Wildman–Crippen LogP) is 3.46. The molecule has 3 N–H and O–H groups in total. The smallest absolute Gasteiger partial charge is 0.181 e. The molecule has 0 aromatic carbocycles. The lowest BCUT2D eigenvalue weighted by molar-refractivity contribution is -0.207. The average Bonchev–Trinajstić information content (AvgIpc) is 3.32. The van der Waals surface area contributed by atoms with E-state index in [1.54, 1.807) is 12.2 Å². The van der Waals surface area contributed by atoms with Gasteiger partial charge in [-0.25, -0.2) is 0 Å². The van der Waals surface area contributed by atoms with E-state index in [1.165, 1.54) is 19.3 Å². The molecular weight excluding hydrogens is 430 g/mol. The van der Waals surface area contributed by atoms with E-state index in [-0.39, 0.29) is 53.7 Å². The van der Waals surface area contributed by atoms with Crippen LogP contribution in [0.4, 0.5) is 0 Å². The SMILES string of the molecule is C[C@]12C=CC(=O)C=C1CC[C@@H]1[C@@H]2[C@@H](O)C[C@@]2(C)[C@H]1C[C@H]1O[C@@H](C3CCCCC3)O[C@]12C(=O)CN. The van der Waals surface area contributed by atoms with E-state index in [0.29, 0.717) is 12.3 Å². The van der Waals surface area contributed by atoms with Gasteiger partial charge in [0.1, 0.15) is 0 Å². The second-order valence-corrected chi connectivity index (χ2v) is 12.3. The number of fused-ring (bicyclic) bond motifs is 7. The van der Waals surface area contributed by atoms with Gasteiger partial charge in [-0.05, 0) is 62.5 Å². The largest absolute Gasteiger partial charge is 0.393 e. The van der Waals surface area contributed by atoms with Crippen LogP contribution in [0.15, 0.2) is 23.8 Å². The average molecular weight is 470 g/mol. The molecule has 6 heteroatoms. The van der Waals surface area contributed by atoms with Crippen LogP contribution >= 0.6 is 0 Å². The Kier molecular flexibility index (Phi) is 5.31. The maximum absolute atomic E-state index is 13.6. The van der Waals surface area contributed by atoms with E-state index in [9.17, 15) is 14.7 Å². The molecule has 0 spiro atoms. The third-order valence-corrected chi connectivity index (χ3v) is 10.9. The highest BCUT2D eigenvalue weighted by Crippen LogP contribution is 2.70. The van der Waals surface area contributed by atoms with Crippen molar-refractivity contribution in [3.05, 3.63) is 23.8 Å². The topological polar surface area (TPSA) is 98.9 Å². The molecule has 0 unspecified atom stereocenters. The van der Waals surface area contributed by atoms with Crippen LogP contribution in [0, 0.1) is 34.5 Å². The maximum Gasteiger partial charge on any atom is 0.181 e. The zero-order valence-corrected chi connectivity index (χ0v) is 20.5. The number of allylic oxidation sites excluding steroid dienone is 4. The number of carbonyl (C=O) groups excluding carboxylic acids is 2. The first kappa shape index (κ1) is 23.1. The van der Waals surface area contributed by atoms with Gasteiger partial charge in [0.15, 0.2) is 23.5 Å². The Morgan fingerprint density at radius 1 is 1.21 bits per heavy atom. The maximum atomic E-state index is 13.6. The number of hydrogen-bond acceptors (Lipinski definition) is 6. The molecule has 9 atom stereocenters. The van der Waals surface area contributed by atoms with Crippen LogP contribution in [0.5, 0.6) is 0 Å². The number of aliphatic hydroxyl groups is 1. The van der Waals surface area contributed by atoms with Crippen molar-refractivity contribution in [1.82, 2.24) is 0 Å². The van der Waals surface area contributed by atoms with Gasteiger partial charge in [0.2, 0.25) is 0 Å². The van der Waals surface area contributed by atoms with Gasteiger partial charge < -0.3 is 20.3 Å². The summed E-state index contributed by atoms with van der Waals surface area (Å²) in [6.07, 6.45) is 13.0. The van der Waals surface area contributed by atoms with Gasteiger partial charge in [-0.3, -0.25) is 9.59 Å². The molecular formula is C28H39NO5. The number of ketones is 2. The Hall–Kier alpha value is -1.34. The number of ether oxygens (including phenoxy) is 2. The molecule has 1 aliphatic heterocycles. The summed E-state index contributed by atoms with van der Waals surface area (Å²) in [6, 6.07) is 0. The number of aliphatic hydroxyl groups excluding tert-OH is 1. The Labute approximate surface area is 202 Å². The van der Waals surface area contributed by atoms with Crippen LogP contribution in [0.25, 0.3) is 0 Å². The molecule has 0 aromatic rings. The van der Waals surface area contributed by atoms with E-state index in [0.717, 1.165) is 37.7 Å². The minimum absolute atomic E-state index is 0.0212. The third-order valence-electron chi connectivity index (χ3n) is 10.9. The van der Waals surface area contributed by atoms with E-state index in [1.807, 2.05) is 6.08 Å². The molecule has 0 bridgehead atoms. The van der Waals surface area contributed by atoms with Crippen molar-refractivity contribution < 1.29 is 24.2 Å². The van der Waals surface area contributed by atoms with Crippen LogP contribution in [0.1, 0.15) is 71.6 Å². The van der Waals surface area contributed by atoms with Crippen LogP contribution in [-0.4, -0.2) is 47.3 Å². The van der Waals surface area contributed by atoms with Crippen molar-refractivity contribution in [1.29, 1.82) is 0 Å². The molecule has 4 saturated carbocycles. The first-order chi connectivity index (χ1) is 16.2. The van der Waals surface area contributed by atoms with Crippen molar-refractivity contribution in [2.45, 2.75) is 95.7 Å². The molecule has 0 aromatic heterocycles. The fourth-order valence-corrected chi connectivity index (χ4v) is 9.36. The van der Waals surface area contributed by atoms with E-state index in [2.05, 4.69) is 13.8 Å². The molecule has 0 amide bonds. The second kappa shape index (κ2) is 7.83. The molecule has 1 saturated heterocycles. The van der Waals surface area contributed by atoms with Crippen LogP contribution in [-0.2, 0) is 19.1 Å². The monoisotopic (exact) mass is 469 g/mol. The Balaban J connectivity index is 1.37. The molecule has 1 heterocycles. The number of carbonyl (C=O) groups is 2. The lowest BCUT2D eigenvalue weighted by Crippen LogP contribution is -2.64. The number of nitrogens with two attached hydrogens (primary N) is 1. The number of hydrogen-bond donors (Lipinski definition) is 2. The van der Waals surface area contributed by atoms with Gasteiger partial charge in [-0.1, -0.05) is 44.8 Å². The summed E-state index contributed by atoms with van der Waals surface area (Å²) in [6.45, 7) is 4.26. The summed E-state index contributed by atoms with van der Waals surface area (Å²) in [7, 11) is 0. The van der Waals surface area contributed by atoms with E-state index >= 15 is 0 Å². The summed E-state index contributed by atoms with van der Waals surface area (Å²) >= 11 is 0. The Morgan fingerprint density at radius 3 is 2.71 bits per heavy atom. The fraction of sp³-hybridized carbons (Fsp3) is 0.786. The van der Waals surface area contributed by atoms with Gasteiger partial charge in [-0.2, -0.15) is 0 Å². The summed E-state index contributed by atoms with van der Waals surface area (Å²) in [4.78, 5) is 25.7. The van der Waals surface area contributed by atoms with E-state index in [4.69, 9.17) is 15.2 Å². The van der Waals surface area contributed by atoms with Gasteiger partial charge in [0.25, 0.3) is 0 Å². The highest BCUT2D eigenvalue weighted by molar-refractivity contribution is 6.01. The van der Waals surface area contributed by atoms with Gasteiger partial charge >= 0.3 is 0 Å². The second-order valence-electron chi connectivity index (χ2n) is 12.3. The molecule has 34 heavy (non-hydrogen) atoms. The number of rotatable bonds is 3. The summed E-state index contributed by atoms with van der Waals surface area (Å²) in [5.74, 6) is 0.765. The first-order valence-corrected chi connectivity index (χ1v) is 13.4. The molecule has 5 fully saturated rings. The number of Topliss-reactive ketones (excluding diaryl/α,β-unsaturated/α-hetero) is 1. The van der Waals surface area contributed by atoms with Crippen LogP contribution < -0.4 is 5.73 Å². The highest BCUT2D eigenvalue weighted by atomic mass is 16.7. The van der Waals surface area contributed by atoms with Crippen molar-refractivity contribution >= 4 is 11.6 Å². The minimum Gasteiger partial charge on any atom is -0.393 e. The third kappa shape index (κ3) is 2.89. The zero-order valence-electron chi connectivity index (χ0n) is 20.5. The predicted molar refractivity (Wildman–Crippen MR) is 127 cm³/mol. The summed E-state index contributed by atoms with van der Waals surface area (Å²) in [5.41, 5.74) is 5.21. The van der Waals surface area contributed by atoms with Gasteiger partial charge in [0.05, 0.1) is 18.8 Å². The zero-order chi connectivity index (χ0) is 23.9. The van der Waals surface area contributed by atoms with Crippen LogP contribution in [0.3, 0.4) is 0 Å². The van der Waals surface area contributed by atoms with Crippen molar-refractivity contribution in [3.8, 4) is 0 Å². The van der Waals surface area contributed by atoms with Crippen molar-refractivity contribution in [2.75, 3.05) is 6.54 Å². The van der Waals surface area contributed by atoms with Crippen molar-refractivity contribution in [3.63, 3.8) is 0 Å². The molecule has 186 valence electrons.